The van der Waals surface area contributed by atoms with Gasteiger partial charge in [-0.2, -0.15) is 5.10 Å². The molecule has 0 saturated carbocycles. The molecule has 0 radical (unpaired) electrons. The fourth-order valence-electron chi connectivity index (χ4n) is 2.85. The van der Waals surface area contributed by atoms with Crippen LogP contribution in [0, 0.1) is 10.1 Å². The van der Waals surface area contributed by atoms with Gasteiger partial charge in [0, 0.05) is 12.1 Å². The third-order valence-electron chi connectivity index (χ3n) is 4.54. The number of rotatable bonds is 9. The fraction of sp³-hybridized carbons (Fsp3) is 0.125. The predicted molar refractivity (Wildman–Crippen MR) is 123 cm³/mol. The smallest absolute Gasteiger partial charge is 0.343 e. The van der Waals surface area contributed by atoms with Gasteiger partial charge in [0.2, 0.25) is 0 Å². The predicted octanol–water partition coefficient (Wildman–Crippen LogP) is 3.40. The Kier molecular flexibility index (Phi) is 8.03. The van der Waals surface area contributed by atoms with Crippen LogP contribution in [0.2, 0.25) is 0 Å². The number of nitro benzene ring substituents is 1. The summed E-state index contributed by atoms with van der Waals surface area (Å²) in [6, 6.07) is 18.1. The highest BCUT2D eigenvalue weighted by Gasteiger charge is 2.17. The quantitative estimate of drug-likeness (QED) is 0.163. The Morgan fingerprint density at radius 1 is 1.09 bits per heavy atom. The fourth-order valence-corrected chi connectivity index (χ4v) is 2.85. The Morgan fingerprint density at radius 3 is 2.44 bits per heavy atom. The van der Waals surface area contributed by atoms with Crippen LogP contribution in [0.4, 0.5) is 5.69 Å². The van der Waals surface area contributed by atoms with Crippen molar-refractivity contribution in [2.24, 2.45) is 5.10 Å². The summed E-state index contributed by atoms with van der Waals surface area (Å²) >= 11 is 0. The lowest BCUT2D eigenvalue weighted by Crippen LogP contribution is -2.25. The van der Waals surface area contributed by atoms with Crippen molar-refractivity contribution < 1.29 is 29.1 Å². The van der Waals surface area contributed by atoms with Crippen LogP contribution in [0.15, 0.2) is 77.9 Å². The number of esters is 1. The molecule has 0 fully saturated rings. The van der Waals surface area contributed by atoms with Crippen LogP contribution in [0.3, 0.4) is 0 Å². The first-order valence-electron chi connectivity index (χ1n) is 10.2. The molecule has 10 nitrogen and oxygen atoms in total. The van der Waals surface area contributed by atoms with E-state index >= 15 is 0 Å². The summed E-state index contributed by atoms with van der Waals surface area (Å²) in [6.07, 6.45) is -0.0152. The molecule has 0 aliphatic rings. The van der Waals surface area contributed by atoms with Gasteiger partial charge in [0.15, 0.2) is 17.6 Å². The number of hydrogen-bond donors (Lipinski definition) is 2. The van der Waals surface area contributed by atoms with Crippen LogP contribution in [-0.2, 0) is 4.79 Å². The molecule has 1 atom stereocenters. The molecule has 0 spiro atoms. The van der Waals surface area contributed by atoms with Crippen molar-refractivity contribution in [1.82, 2.24) is 5.43 Å². The van der Waals surface area contributed by atoms with Gasteiger partial charge in [0.1, 0.15) is 0 Å². The zero-order valence-corrected chi connectivity index (χ0v) is 18.1. The molecule has 3 aromatic rings. The van der Waals surface area contributed by atoms with Gasteiger partial charge in [-0.1, -0.05) is 30.3 Å². The molecule has 0 heterocycles. The normalized spacial score (nSPS) is 11.6. The second kappa shape index (κ2) is 11.3. The summed E-state index contributed by atoms with van der Waals surface area (Å²) in [5, 5.41) is 24.7. The number of carbonyl (C=O) groups is 2. The Labute approximate surface area is 194 Å². The Morgan fingerprint density at radius 2 is 1.79 bits per heavy atom. The molecule has 0 bridgehead atoms. The molecule has 1 amide bonds. The molecule has 0 aromatic heterocycles. The highest BCUT2D eigenvalue weighted by atomic mass is 16.6. The van der Waals surface area contributed by atoms with E-state index in [0.717, 1.165) is 0 Å². The summed E-state index contributed by atoms with van der Waals surface area (Å²) in [5.74, 6) is -0.996. The minimum atomic E-state index is -1.36. The minimum absolute atomic E-state index is 0.137. The second-order valence-electron chi connectivity index (χ2n) is 6.88. The van der Waals surface area contributed by atoms with Crippen molar-refractivity contribution in [3.05, 3.63) is 99.6 Å². The van der Waals surface area contributed by atoms with E-state index in [1.807, 2.05) is 0 Å². The van der Waals surface area contributed by atoms with E-state index < -0.39 is 22.9 Å². The highest BCUT2D eigenvalue weighted by Crippen LogP contribution is 2.29. The molecule has 3 aromatic carbocycles. The maximum Gasteiger partial charge on any atom is 0.343 e. The van der Waals surface area contributed by atoms with Gasteiger partial charge in [-0.3, -0.25) is 14.9 Å². The zero-order chi connectivity index (χ0) is 24.5. The summed E-state index contributed by atoms with van der Waals surface area (Å²) in [4.78, 5) is 34.7. The van der Waals surface area contributed by atoms with Gasteiger partial charge in [-0.25, -0.2) is 10.2 Å². The van der Waals surface area contributed by atoms with E-state index in [9.17, 15) is 24.8 Å². The van der Waals surface area contributed by atoms with Crippen molar-refractivity contribution in [1.29, 1.82) is 0 Å². The molecular weight excluding hydrogens is 442 g/mol. The minimum Gasteiger partial charge on any atom is -0.490 e. The molecule has 3 rings (SSSR count). The third-order valence-corrected chi connectivity index (χ3v) is 4.54. The van der Waals surface area contributed by atoms with Crippen molar-refractivity contribution >= 4 is 23.8 Å². The molecule has 2 N–H and O–H groups in total. The molecular formula is C24H21N3O7. The number of nitro groups is 1. The van der Waals surface area contributed by atoms with Crippen molar-refractivity contribution in [3.8, 4) is 11.5 Å². The maximum atomic E-state index is 12.4. The average molecular weight is 463 g/mol. The Bertz CT molecular complexity index is 1190. The first-order valence-corrected chi connectivity index (χ1v) is 10.2. The number of aliphatic hydroxyl groups excluding tert-OH is 1. The zero-order valence-electron chi connectivity index (χ0n) is 18.1. The number of hydrogen-bond acceptors (Lipinski definition) is 8. The van der Waals surface area contributed by atoms with Crippen molar-refractivity contribution in [3.63, 3.8) is 0 Å². The van der Waals surface area contributed by atoms with Gasteiger partial charge in [-0.05, 0) is 48.4 Å². The standard InChI is InChI=1S/C24H21N3O7/c1-2-33-21-14-16(15-25-26-23(29)22(28)17-6-4-3-5-7-17)8-13-20(21)34-24(30)18-9-11-19(12-10-18)27(31)32/h3-15,22,28H,2H2,1H3,(H,26,29)/b25-15-/t22-/m1/s1. The molecule has 0 aliphatic carbocycles. The highest BCUT2D eigenvalue weighted by molar-refractivity contribution is 5.92. The lowest BCUT2D eigenvalue weighted by molar-refractivity contribution is -0.384. The topological polar surface area (TPSA) is 140 Å². The average Bonchev–Trinajstić information content (AvgIpc) is 2.85. The molecule has 0 saturated heterocycles. The van der Waals surface area contributed by atoms with Gasteiger partial charge < -0.3 is 14.6 Å². The van der Waals surface area contributed by atoms with Crippen molar-refractivity contribution in [2.75, 3.05) is 6.61 Å². The summed E-state index contributed by atoms with van der Waals surface area (Å²) < 4.78 is 10.9. The summed E-state index contributed by atoms with van der Waals surface area (Å²) in [7, 11) is 0. The lowest BCUT2D eigenvalue weighted by atomic mass is 10.1. The molecule has 0 unspecified atom stereocenters. The Balaban J connectivity index is 1.67. The van der Waals surface area contributed by atoms with E-state index in [0.29, 0.717) is 17.7 Å². The van der Waals surface area contributed by atoms with Gasteiger partial charge in [0.25, 0.3) is 11.6 Å². The monoisotopic (exact) mass is 463 g/mol. The van der Waals surface area contributed by atoms with Crippen LogP contribution >= 0.6 is 0 Å². The number of benzene rings is 3. The summed E-state index contributed by atoms with van der Waals surface area (Å²) in [6.45, 7) is 2.05. The number of non-ortho nitro benzene ring substituents is 1. The third kappa shape index (κ3) is 6.24. The Hall–Kier alpha value is -4.57. The van der Waals surface area contributed by atoms with Gasteiger partial charge in [0.05, 0.1) is 23.3 Å². The van der Waals surface area contributed by atoms with Crippen LogP contribution in [0.5, 0.6) is 11.5 Å². The van der Waals surface area contributed by atoms with Crippen LogP contribution in [0.1, 0.15) is 34.5 Å². The second-order valence-corrected chi connectivity index (χ2v) is 6.88. The van der Waals surface area contributed by atoms with Crippen molar-refractivity contribution in [2.45, 2.75) is 13.0 Å². The number of nitrogens with one attached hydrogen (secondary N) is 1. The first-order chi connectivity index (χ1) is 16.4. The number of ether oxygens (including phenoxy) is 2. The molecule has 174 valence electrons. The van der Waals surface area contributed by atoms with E-state index in [2.05, 4.69) is 10.5 Å². The maximum absolute atomic E-state index is 12.4. The SMILES string of the molecule is CCOc1cc(/C=N\NC(=O)[C@H](O)c2ccccc2)ccc1OC(=O)c1ccc([N+](=O)[O-])cc1. The van der Waals surface area contributed by atoms with Crippen LogP contribution in [0.25, 0.3) is 0 Å². The van der Waals surface area contributed by atoms with E-state index in [-0.39, 0.29) is 22.7 Å². The van der Waals surface area contributed by atoms with E-state index in [1.54, 1.807) is 49.4 Å². The van der Waals surface area contributed by atoms with Gasteiger partial charge >= 0.3 is 5.97 Å². The summed E-state index contributed by atoms with van der Waals surface area (Å²) in [5.41, 5.74) is 3.24. The van der Waals surface area contributed by atoms with E-state index in [1.165, 1.54) is 36.5 Å². The number of hydrazone groups is 1. The van der Waals surface area contributed by atoms with Gasteiger partial charge in [-0.15, -0.1) is 0 Å². The van der Waals surface area contributed by atoms with Crippen LogP contribution in [-0.4, -0.2) is 34.7 Å². The first kappa shape index (κ1) is 24.1. The number of aliphatic hydroxyl groups is 1. The molecule has 34 heavy (non-hydrogen) atoms. The largest absolute Gasteiger partial charge is 0.490 e. The van der Waals surface area contributed by atoms with E-state index in [4.69, 9.17) is 9.47 Å². The van der Waals surface area contributed by atoms with Crippen LogP contribution < -0.4 is 14.9 Å². The number of carbonyl (C=O) groups excluding carboxylic acids is 2. The molecule has 0 aliphatic heterocycles. The number of amides is 1. The number of nitrogens with zero attached hydrogens (tertiary/aromatic N) is 2. The molecule has 10 heteroatoms. The lowest BCUT2D eigenvalue weighted by Gasteiger charge is -2.11.